The van der Waals surface area contributed by atoms with Crippen LogP contribution in [0.2, 0.25) is 0 Å². The standard InChI is InChI=1S/C22H26N4O4/c1-30-22-24-17-10-11-26(21(29)19(17)20(23)25-22)16-8-6-15(7-9-16)14-4-2-13(3-5-14)12-18(27)28/h6-9,13-14H,2-5,10-12H2,1H3,(H,27,28)(H2,23,24,25). The first-order valence-electron chi connectivity index (χ1n) is 10.3. The van der Waals surface area contributed by atoms with Crippen molar-refractivity contribution < 1.29 is 19.4 Å². The highest BCUT2D eigenvalue weighted by Crippen LogP contribution is 2.38. The number of aliphatic carboxylic acids is 1. The van der Waals surface area contributed by atoms with Gasteiger partial charge in [0.1, 0.15) is 11.4 Å². The fraction of sp³-hybridized carbons (Fsp3) is 0.455. The van der Waals surface area contributed by atoms with Gasteiger partial charge in [0, 0.05) is 25.1 Å². The lowest BCUT2D eigenvalue weighted by molar-refractivity contribution is -0.138. The summed E-state index contributed by atoms with van der Waals surface area (Å²) in [6.45, 7) is 0.519. The molecule has 1 aromatic heterocycles. The van der Waals surface area contributed by atoms with Gasteiger partial charge in [-0.05, 0) is 55.2 Å². The zero-order chi connectivity index (χ0) is 21.3. The van der Waals surface area contributed by atoms with E-state index in [1.54, 1.807) is 4.90 Å². The molecule has 2 aromatic rings. The maximum absolute atomic E-state index is 13.0. The number of fused-ring (bicyclic) bond motifs is 1. The first kappa shape index (κ1) is 20.1. The summed E-state index contributed by atoms with van der Waals surface area (Å²) in [5.41, 5.74) is 9.03. The number of hydrogen-bond acceptors (Lipinski definition) is 6. The molecule has 2 aliphatic rings. The Morgan fingerprint density at radius 2 is 1.90 bits per heavy atom. The largest absolute Gasteiger partial charge is 0.481 e. The molecule has 1 amide bonds. The van der Waals surface area contributed by atoms with Crippen LogP contribution in [-0.4, -0.2) is 40.6 Å². The Hall–Kier alpha value is -3.16. The summed E-state index contributed by atoms with van der Waals surface area (Å²) >= 11 is 0. The first-order chi connectivity index (χ1) is 14.5. The average molecular weight is 410 g/mol. The second-order valence-corrected chi connectivity index (χ2v) is 8.03. The van der Waals surface area contributed by atoms with Crippen LogP contribution < -0.4 is 15.4 Å². The summed E-state index contributed by atoms with van der Waals surface area (Å²) in [6.07, 6.45) is 4.75. The molecule has 0 bridgehead atoms. The predicted molar refractivity (Wildman–Crippen MR) is 112 cm³/mol. The molecule has 1 aliphatic carbocycles. The molecule has 1 aromatic carbocycles. The van der Waals surface area contributed by atoms with E-state index in [1.165, 1.54) is 12.7 Å². The highest BCUT2D eigenvalue weighted by molar-refractivity contribution is 6.10. The monoisotopic (exact) mass is 410 g/mol. The zero-order valence-electron chi connectivity index (χ0n) is 17.0. The van der Waals surface area contributed by atoms with Crippen LogP contribution in [0.5, 0.6) is 6.01 Å². The summed E-state index contributed by atoms with van der Waals surface area (Å²) in [5.74, 6) is -0.0339. The van der Waals surface area contributed by atoms with Crippen molar-refractivity contribution in [1.82, 2.24) is 9.97 Å². The van der Waals surface area contributed by atoms with E-state index in [0.717, 1.165) is 31.4 Å². The first-order valence-corrected chi connectivity index (χ1v) is 10.3. The Morgan fingerprint density at radius 1 is 1.20 bits per heavy atom. The van der Waals surface area contributed by atoms with Crippen molar-refractivity contribution in [3.8, 4) is 6.01 Å². The van der Waals surface area contributed by atoms with E-state index in [-0.39, 0.29) is 30.1 Å². The van der Waals surface area contributed by atoms with Crippen molar-refractivity contribution in [2.75, 3.05) is 24.3 Å². The number of nitrogen functional groups attached to an aromatic ring is 1. The highest BCUT2D eigenvalue weighted by Gasteiger charge is 2.30. The number of nitrogens with zero attached hydrogens (tertiary/aromatic N) is 3. The number of carbonyl (C=O) groups is 2. The number of hydrogen-bond donors (Lipinski definition) is 2. The normalized spacial score (nSPS) is 21.2. The Labute approximate surface area is 175 Å². The molecule has 0 atom stereocenters. The molecule has 0 spiro atoms. The molecule has 1 aliphatic heterocycles. The fourth-order valence-corrected chi connectivity index (χ4v) is 4.58. The van der Waals surface area contributed by atoms with Crippen molar-refractivity contribution in [2.45, 2.75) is 44.4 Å². The van der Waals surface area contributed by atoms with Gasteiger partial charge in [-0.3, -0.25) is 9.59 Å². The summed E-state index contributed by atoms with van der Waals surface area (Å²) in [4.78, 5) is 34.0. The summed E-state index contributed by atoms with van der Waals surface area (Å²) in [5, 5.41) is 8.97. The molecule has 3 N–H and O–H groups in total. The van der Waals surface area contributed by atoms with Gasteiger partial charge in [-0.25, -0.2) is 0 Å². The van der Waals surface area contributed by atoms with E-state index in [0.29, 0.717) is 30.1 Å². The number of rotatable bonds is 5. The molecule has 1 saturated carbocycles. The number of anilines is 2. The van der Waals surface area contributed by atoms with Crippen LogP contribution in [-0.2, 0) is 11.2 Å². The molecule has 0 saturated heterocycles. The van der Waals surface area contributed by atoms with E-state index in [2.05, 4.69) is 22.1 Å². The summed E-state index contributed by atoms with van der Waals surface area (Å²) in [7, 11) is 1.47. The molecule has 2 heterocycles. The average Bonchev–Trinajstić information content (AvgIpc) is 2.74. The van der Waals surface area contributed by atoms with Gasteiger partial charge in [0.25, 0.3) is 5.91 Å². The molecule has 0 unspecified atom stereocenters. The van der Waals surface area contributed by atoms with Gasteiger partial charge >= 0.3 is 12.0 Å². The van der Waals surface area contributed by atoms with E-state index >= 15 is 0 Å². The quantitative estimate of drug-likeness (QED) is 0.778. The lowest BCUT2D eigenvalue weighted by atomic mass is 9.77. The maximum atomic E-state index is 13.0. The number of benzene rings is 1. The second kappa shape index (κ2) is 8.30. The van der Waals surface area contributed by atoms with Gasteiger partial charge in [0.15, 0.2) is 0 Å². The number of carbonyl (C=O) groups excluding carboxylic acids is 1. The minimum Gasteiger partial charge on any atom is -0.481 e. The number of amides is 1. The minimum atomic E-state index is -0.708. The summed E-state index contributed by atoms with van der Waals surface area (Å²) in [6, 6.07) is 8.28. The van der Waals surface area contributed by atoms with Crippen LogP contribution >= 0.6 is 0 Å². The lowest BCUT2D eigenvalue weighted by Gasteiger charge is -2.30. The van der Waals surface area contributed by atoms with E-state index in [1.807, 2.05) is 12.1 Å². The van der Waals surface area contributed by atoms with Crippen LogP contribution in [0.25, 0.3) is 0 Å². The molecular weight excluding hydrogens is 384 g/mol. The number of ether oxygens (including phenoxy) is 1. The van der Waals surface area contributed by atoms with Crippen molar-refractivity contribution >= 4 is 23.4 Å². The number of carboxylic acid groups (broad SMARTS) is 1. The van der Waals surface area contributed by atoms with Crippen molar-refractivity contribution in [1.29, 1.82) is 0 Å². The molecule has 158 valence electrons. The fourth-order valence-electron chi connectivity index (χ4n) is 4.58. The highest BCUT2D eigenvalue weighted by atomic mass is 16.5. The third kappa shape index (κ3) is 3.94. The van der Waals surface area contributed by atoms with Crippen LogP contribution in [0.4, 0.5) is 11.5 Å². The number of carboxylic acids is 1. The van der Waals surface area contributed by atoms with Crippen LogP contribution in [0.3, 0.4) is 0 Å². The number of aromatic nitrogens is 2. The third-order valence-corrected chi connectivity index (χ3v) is 6.19. The second-order valence-electron chi connectivity index (χ2n) is 8.03. The number of nitrogens with two attached hydrogens (primary N) is 1. The van der Waals surface area contributed by atoms with Crippen molar-refractivity contribution in [3.05, 3.63) is 41.1 Å². The summed E-state index contributed by atoms with van der Waals surface area (Å²) < 4.78 is 5.05. The number of methoxy groups -OCH3 is 1. The Morgan fingerprint density at radius 3 is 2.53 bits per heavy atom. The van der Waals surface area contributed by atoms with Crippen LogP contribution in [0.1, 0.15) is 59.6 Å². The molecular formula is C22H26N4O4. The van der Waals surface area contributed by atoms with Crippen LogP contribution in [0, 0.1) is 5.92 Å². The van der Waals surface area contributed by atoms with Crippen molar-refractivity contribution in [3.63, 3.8) is 0 Å². The molecule has 30 heavy (non-hydrogen) atoms. The minimum absolute atomic E-state index is 0.140. The van der Waals surface area contributed by atoms with E-state index < -0.39 is 5.97 Å². The van der Waals surface area contributed by atoms with Gasteiger partial charge in [-0.2, -0.15) is 9.97 Å². The van der Waals surface area contributed by atoms with Gasteiger partial charge in [0.05, 0.1) is 12.8 Å². The smallest absolute Gasteiger partial charge is 0.318 e. The zero-order valence-corrected chi connectivity index (χ0v) is 17.0. The van der Waals surface area contributed by atoms with Gasteiger partial charge < -0.3 is 20.5 Å². The SMILES string of the molecule is COc1nc(N)c2c(n1)CCN(c1ccc(C3CCC(CC(=O)O)CC3)cc1)C2=O. The third-order valence-electron chi connectivity index (χ3n) is 6.19. The van der Waals surface area contributed by atoms with E-state index in [4.69, 9.17) is 15.6 Å². The Bertz CT molecular complexity index is 952. The molecule has 8 nitrogen and oxygen atoms in total. The topological polar surface area (TPSA) is 119 Å². The van der Waals surface area contributed by atoms with Gasteiger partial charge in [-0.15, -0.1) is 0 Å². The molecule has 8 heteroatoms. The lowest BCUT2D eigenvalue weighted by Crippen LogP contribution is -2.39. The van der Waals surface area contributed by atoms with E-state index in [9.17, 15) is 9.59 Å². The van der Waals surface area contributed by atoms with Crippen LogP contribution in [0.15, 0.2) is 24.3 Å². The Balaban J connectivity index is 1.46. The maximum Gasteiger partial charge on any atom is 0.318 e. The molecule has 4 rings (SSSR count). The molecule has 0 radical (unpaired) electrons. The van der Waals surface area contributed by atoms with Crippen molar-refractivity contribution in [2.24, 2.45) is 5.92 Å². The Kier molecular flexibility index (Phi) is 5.57. The molecule has 1 fully saturated rings. The van der Waals surface area contributed by atoms with Gasteiger partial charge in [0.2, 0.25) is 0 Å². The van der Waals surface area contributed by atoms with Gasteiger partial charge in [-0.1, -0.05) is 12.1 Å². The predicted octanol–water partition coefficient (Wildman–Crippen LogP) is 3.02.